The van der Waals surface area contributed by atoms with Crippen LogP contribution in [0, 0.1) is 10.1 Å². The summed E-state index contributed by atoms with van der Waals surface area (Å²) < 4.78 is 4.88. The molecule has 0 unspecified atom stereocenters. The van der Waals surface area contributed by atoms with Gasteiger partial charge in [-0.15, -0.1) is 0 Å². The van der Waals surface area contributed by atoms with E-state index >= 15 is 0 Å². The summed E-state index contributed by atoms with van der Waals surface area (Å²) in [4.78, 5) is 22.5. The number of hydrogen-bond acceptors (Lipinski definition) is 4. The predicted molar refractivity (Wildman–Crippen MR) is 79.1 cm³/mol. The fraction of sp³-hybridized carbons (Fsp3) is 0.0714. The van der Waals surface area contributed by atoms with Crippen molar-refractivity contribution < 1.29 is 14.5 Å². The quantitative estimate of drug-likeness (QED) is 0.692. The first-order chi connectivity index (χ1) is 10.0. The molecule has 0 radical (unpaired) electrons. The van der Waals surface area contributed by atoms with Crippen molar-refractivity contribution in [2.24, 2.45) is 0 Å². The van der Waals surface area contributed by atoms with Crippen molar-refractivity contribution in [3.63, 3.8) is 0 Å². The van der Waals surface area contributed by atoms with Crippen molar-refractivity contribution in [3.8, 4) is 5.75 Å². The molecule has 0 aliphatic rings. The van der Waals surface area contributed by atoms with Gasteiger partial charge in [0.1, 0.15) is 0 Å². The molecule has 0 saturated heterocycles. The van der Waals surface area contributed by atoms with Crippen molar-refractivity contribution in [1.82, 2.24) is 0 Å². The Bertz CT molecular complexity index is 689. The number of benzene rings is 2. The number of nitrogens with one attached hydrogen (secondary N) is 1. The summed E-state index contributed by atoms with van der Waals surface area (Å²) in [6, 6.07) is 11.1. The van der Waals surface area contributed by atoms with Crippen LogP contribution in [0.4, 0.5) is 11.4 Å². The summed E-state index contributed by atoms with van der Waals surface area (Å²) in [7, 11) is 1.29. The maximum absolute atomic E-state index is 12.2. The average Bonchev–Trinajstić information content (AvgIpc) is 2.47. The number of nitro groups is 1. The van der Waals surface area contributed by atoms with E-state index in [1.807, 2.05) is 0 Å². The molecule has 1 amide bonds. The van der Waals surface area contributed by atoms with Crippen LogP contribution in [0.3, 0.4) is 0 Å². The Balaban J connectivity index is 2.37. The minimum atomic E-state index is -0.630. The van der Waals surface area contributed by atoms with Crippen LogP contribution in [0.15, 0.2) is 42.5 Å². The number of ether oxygens (including phenoxy) is 1. The predicted octanol–water partition coefficient (Wildman–Crippen LogP) is 3.51. The Hall–Kier alpha value is -2.60. The summed E-state index contributed by atoms with van der Waals surface area (Å²) in [6.45, 7) is 0. The summed E-state index contributed by atoms with van der Waals surface area (Å²) in [6.07, 6.45) is 0. The molecule has 0 heterocycles. The highest BCUT2D eigenvalue weighted by Crippen LogP contribution is 2.33. The molecule has 6 nitrogen and oxygen atoms in total. The van der Waals surface area contributed by atoms with E-state index in [1.165, 1.54) is 13.2 Å². The maximum Gasteiger partial charge on any atom is 0.311 e. The Labute approximate surface area is 125 Å². The molecule has 0 aromatic heterocycles. The molecule has 0 spiro atoms. The van der Waals surface area contributed by atoms with Crippen LogP contribution in [0.2, 0.25) is 5.02 Å². The Kier molecular flexibility index (Phi) is 4.39. The highest BCUT2D eigenvalue weighted by molar-refractivity contribution is 6.34. The zero-order valence-electron chi connectivity index (χ0n) is 11.0. The lowest BCUT2D eigenvalue weighted by molar-refractivity contribution is -0.385. The highest BCUT2D eigenvalue weighted by atomic mass is 35.5. The number of methoxy groups -OCH3 is 1. The molecule has 21 heavy (non-hydrogen) atoms. The molecular formula is C14H11ClN2O4. The van der Waals surface area contributed by atoms with Crippen LogP contribution in [-0.2, 0) is 0 Å². The summed E-state index contributed by atoms with van der Waals surface area (Å²) in [5.74, 6) is -0.529. The topological polar surface area (TPSA) is 81.5 Å². The second kappa shape index (κ2) is 6.23. The van der Waals surface area contributed by atoms with Gasteiger partial charge in [-0.3, -0.25) is 14.9 Å². The number of anilines is 1. The zero-order chi connectivity index (χ0) is 15.4. The van der Waals surface area contributed by atoms with Gasteiger partial charge in [-0.1, -0.05) is 29.8 Å². The number of para-hydroxylation sites is 1. The second-order valence-corrected chi connectivity index (χ2v) is 4.49. The highest BCUT2D eigenvalue weighted by Gasteiger charge is 2.21. The maximum atomic E-state index is 12.2. The van der Waals surface area contributed by atoms with Crippen molar-refractivity contribution in [1.29, 1.82) is 0 Å². The lowest BCUT2D eigenvalue weighted by Crippen LogP contribution is -2.13. The fourth-order valence-electron chi connectivity index (χ4n) is 1.74. The number of hydrogen-bond donors (Lipinski definition) is 1. The molecule has 0 saturated carbocycles. The van der Waals surface area contributed by atoms with E-state index in [4.69, 9.17) is 16.3 Å². The third-order valence-corrected chi connectivity index (χ3v) is 3.05. The number of halogens is 1. The molecule has 108 valence electrons. The number of carbonyl (C=O) groups excluding carboxylic acids is 1. The number of carbonyl (C=O) groups is 1. The van der Waals surface area contributed by atoms with E-state index < -0.39 is 10.8 Å². The third kappa shape index (κ3) is 3.29. The first-order valence-corrected chi connectivity index (χ1v) is 6.29. The van der Waals surface area contributed by atoms with Gasteiger partial charge in [0.25, 0.3) is 5.91 Å². The van der Waals surface area contributed by atoms with E-state index in [1.54, 1.807) is 30.3 Å². The summed E-state index contributed by atoms with van der Waals surface area (Å²) >= 11 is 5.98. The van der Waals surface area contributed by atoms with E-state index in [-0.39, 0.29) is 22.0 Å². The van der Waals surface area contributed by atoms with Gasteiger partial charge in [-0.05, 0) is 12.1 Å². The van der Waals surface area contributed by atoms with Gasteiger partial charge in [0, 0.05) is 17.8 Å². The monoisotopic (exact) mass is 306 g/mol. The Morgan fingerprint density at radius 3 is 2.52 bits per heavy atom. The van der Waals surface area contributed by atoms with Crippen LogP contribution in [0.25, 0.3) is 0 Å². The van der Waals surface area contributed by atoms with Gasteiger partial charge in [0.2, 0.25) is 0 Å². The Morgan fingerprint density at radius 1 is 1.29 bits per heavy atom. The number of amides is 1. The third-order valence-electron chi connectivity index (χ3n) is 2.74. The number of rotatable bonds is 4. The lowest BCUT2D eigenvalue weighted by atomic mass is 10.1. The zero-order valence-corrected chi connectivity index (χ0v) is 11.8. The molecule has 0 bridgehead atoms. The van der Waals surface area contributed by atoms with E-state index in [9.17, 15) is 14.9 Å². The van der Waals surface area contributed by atoms with Gasteiger partial charge >= 0.3 is 5.69 Å². The minimum absolute atomic E-state index is 0.00117. The fourth-order valence-corrected chi connectivity index (χ4v) is 1.98. The molecule has 0 fully saturated rings. The first kappa shape index (κ1) is 14.8. The van der Waals surface area contributed by atoms with Gasteiger partial charge in [0.05, 0.1) is 22.6 Å². The summed E-state index contributed by atoms with van der Waals surface area (Å²) in [5.41, 5.74) is 0.255. The van der Waals surface area contributed by atoms with Gasteiger partial charge in [-0.2, -0.15) is 0 Å². The molecule has 1 N–H and O–H groups in total. The van der Waals surface area contributed by atoms with Crippen molar-refractivity contribution in [3.05, 3.63) is 63.2 Å². The van der Waals surface area contributed by atoms with Crippen LogP contribution in [0.1, 0.15) is 10.4 Å². The Morgan fingerprint density at radius 2 is 1.95 bits per heavy atom. The first-order valence-electron chi connectivity index (χ1n) is 5.91. The van der Waals surface area contributed by atoms with Crippen molar-refractivity contribution in [2.75, 3.05) is 12.4 Å². The van der Waals surface area contributed by atoms with E-state index in [0.717, 1.165) is 6.07 Å². The molecule has 0 aliphatic carbocycles. The molecule has 0 atom stereocenters. The van der Waals surface area contributed by atoms with Crippen LogP contribution in [-0.4, -0.2) is 17.9 Å². The van der Waals surface area contributed by atoms with E-state index in [2.05, 4.69) is 5.32 Å². The largest absolute Gasteiger partial charge is 0.490 e. The molecule has 2 aromatic rings. The minimum Gasteiger partial charge on any atom is -0.490 e. The van der Waals surface area contributed by atoms with Crippen molar-refractivity contribution >= 4 is 28.9 Å². The lowest BCUT2D eigenvalue weighted by Gasteiger charge is -2.08. The summed E-state index contributed by atoms with van der Waals surface area (Å²) in [5, 5.41) is 13.7. The molecule has 2 aromatic carbocycles. The smallest absolute Gasteiger partial charge is 0.311 e. The normalized spacial score (nSPS) is 10.0. The molecule has 7 heteroatoms. The van der Waals surface area contributed by atoms with Crippen molar-refractivity contribution in [2.45, 2.75) is 0 Å². The average molecular weight is 307 g/mol. The van der Waals surface area contributed by atoms with Gasteiger partial charge < -0.3 is 10.1 Å². The van der Waals surface area contributed by atoms with Crippen LogP contribution in [0.5, 0.6) is 5.75 Å². The van der Waals surface area contributed by atoms with E-state index in [0.29, 0.717) is 5.69 Å². The van der Waals surface area contributed by atoms with Crippen LogP contribution >= 0.6 is 11.6 Å². The van der Waals surface area contributed by atoms with Gasteiger partial charge in [-0.25, -0.2) is 0 Å². The molecular weight excluding hydrogens is 296 g/mol. The molecule has 0 aliphatic heterocycles. The SMILES string of the molecule is COc1cc(Cl)c(C(=O)Nc2ccccc2)cc1[N+](=O)[O-]. The number of nitro benzene ring substituents is 1. The molecule has 2 rings (SSSR count). The van der Waals surface area contributed by atoms with Gasteiger partial charge in [0.15, 0.2) is 5.75 Å². The second-order valence-electron chi connectivity index (χ2n) is 4.08. The standard InChI is InChI=1S/C14H11ClN2O4/c1-21-13-8-11(15)10(7-12(13)17(19)20)14(18)16-9-5-3-2-4-6-9/h2-8H,1H3,(H,16,18). The number of nitrogens with zero attached hydrogens (tertiary/aromatic N) is 1. The van der Waals surface area contributed by atoms with Crippen LogP contribution < -0.4 is 10.1 Å².